The fourth-order valence-corrected chi connectivity index (χ4v) is 4.12. The van der Waals surface area contributed by atoms with E-state index in [1.165, 1.54) is 6.07 Å². The lowest BCUT2D eigenvalue weighted by Crippen LogP contribution is -2.47. The third-order valence-electron chi connectivity index (χ3n) is 5.46. The van der Waals surface area contributed by atoms with Crippen molar-refractivity contribution in [3.63, 3.8) is 0 Å². The number of halogens is 3. The highest BCUT2D eigenvalue weighted by atomic mass is 35.5. The van der Waals surface area contributed by atoms with Crippen LogP contribution in [0.3, 0.4) is 0 Å². The van der Waals surface area contributed by atoms with Crippen LogP contribution in [0.1, 0.15) is 37.7 Å². The molecule has 4 nitrogen and oxygen atoms in total. The number of hydrogen-bond donors (Lipinski definition) is 2. The Hall–Kier alpha value is -0.880. The van der Waals surface area contributed by atoms with Crippen molar-refractivity contribution in [2.45, 2.75) is 44.7 Å². The number of carbonyl (C=O) groups is 1. The largest absolute Gasteiger partial charge is 0.353 e. The van der Waals surface area contributed by atoms with Crippen LogP contribution in [0.25, 0.3) is 0 Å². The van der Waals surface area contributed by atoms with Crippen LogP contribution >= 0.6 is 24.8 Å². The number of nitrogens with zero attached hydrogens (tertiary/aromatic N) is 1. The number of amides is 1. The quantitative estimate of drug-likeness (QED) is 0.790. The predicted molar refractivity (Wildman–Crippen MR) is 107 cm³/mol. The van der Waals surface area contributed by atoms with Gasteiger partial charge in [-0.05, 0) is 62.4 Å². The maximum atomic E-state index is 13.3. The minimum atomic E-state index is -0.201. The molecule has 26 heavy (non-hydrogen) atoms. The van der Waals surface area contributed by atoms with Crippen molar-refractivity contribution in [2.24, 2.45) is 17.6 Å². The van der Waals surface area contributed by atoms with Gasteiger partial charge in [0.25, 0.3) is 0 Å². The Kier molecular flexibility index (Phi) is 9.86. The van der Waals surface area contributed by atoms with Crippen LogP contribution in [0.5, 0.6) is 0 Å². The maximum absolute atomic E-state index is 13.3. The molecule has 1 saturated carbocycles. The molecule has 2 fully saturated rings. The van der Waals surface area contributed by atoms with Gasteiger partial charge in [0, 0.05) is 19.1 Å². The molecule has 1 saturated heterocycles. The molecule has 0 radical (unpaired) electrons. The van der Waals surface area contributed by atoms with Gasteiger partial charge in [-0.15, -0.1) is 24.8 Å². The van der Waals surface area contributed by atoms with Crippen molar-refractivity contribution in [2.75, 3.05) is 19.6 Å². The number of nitrogens with one attached hydrogen (secondary N) is 1. The third kappa shape index (κ3) is 6.08. The number of rotatable bonds is 5. The van der Waals surface area contributed by atoms with E-state index in [0.717, 1.165) is 50.8 Å². The summed E-state index contributed by atoms with van der Waals surface area (Å²) in [4.78, 5) is 14.9. The minimum Gasteiger partial charge on any atom is -0.353 e. The van der Waals surface area contributed by atoms with E-state index >= 15 is 0 Å². The normalized spacial score (nSPS) is 25.8. The molecule has 1 heterocycles. The average Bonchev–Trinajstić information content (AvgIpc) is 3.02. The van der Waals surface area contributed by atoms with Gasteiger partial charge in [-0.25, -0.2) is 4.39 Å². The zero-order chi connectivity index (χ0) is 16.9. The van der Waals surface area contributed by atoms with Crippen LogP contribution in [0, 0.1) is 17.7 Å². The number of nitrogens with two attached hydrogens (primary N) is 1. The fraction of sp³-hybridized carbons (Fsp3) is 0.632. The molecule has 2 aliphatic rings. The minimum absolute atomic E-state index is 0. The molecule has 0 bridgehead atoms. The molecule has 1 aromatic carbocycles. The van der Waals surface area contributed by atoms with E-state index < -0.39 is 0 Å². The first-order valence-corrected chi connectivity index (χ1v) is 9.13. The van der Waals surface area contributed by atoms with Gasteiger partial charge in [0.15, 0.2) is 0 Å². The Morgan fingerprint density at radius 3 is 2.77 bits per heavy atom. The highest BCUT2D eigenvalue weighted by Gasteiger charge is 2.31. The van der Waals surface area contributed by atoms with E-state index in [0.29, 0.717) is 19.0 Å². The fourth-order valence-electron chi connectivity index (χ4n) is 4.12. The highest BCUT2D eigenvalue weighted by Crippen LogP contribution is 2.26. The molecule has 3 N–H and O–H groups in total. The summed E-state index contributed by atoms with van der Waals surface area (Å²) in [5.74, 6) is 0.435. The van der Waals surface area contributed by atoms with Crippen molar-refractivity contribution in [3.8, 4) is 0 Å². The van der Waals surface area contributed by atoms with E-state index in [2.05, 4.69) is 10.2 Å². The smallest absolute Gasteiger partial charge is 0.224 e. The number of likely N-dealkylation sites (tertiary alicyclic amines) is 1. The van der Waals surface area contributed by atoms with Crippen LogP contribution in [0.4, 0.5) is 4.39 Å². The van der Waals surface area contributed by atoms with Gasteiger partial charge in [-0.2, -0.15) is 0 Å². The number of piperidine rings is 1. The van der Waals surface area contributed by atoms with Gasteiger partial charge in [-0.3, -0.25) is 9.69 Å². The first-order valence-electron chi connectivity index (χ1n) is 9.13. The zero-order valence-corrected chi connectivity index (χ0v) is 16.7. The summed E-state index contributed by atoms with van der Waals surface area (Å²) in [6, 6.07) is 6.98. The van der Waals surface area contributed by atoms with Crippen molar-refractivity contribution in [1.29, 1.82) is 0 Å². The van der Waals surface area contributed by atoms with Gasteiger partial charge in [-0.1, -0.05) is 18.6 Å². The second-order valence-electron chi connectivity index (χ2n) is 7.25. The molecule has 3 unspecified atom stereocenters. The lowest BCUT2D eigenvalue weighted by Gasteiger charge is -2.33. The van der Waals surface area contributed by atoms with Crippen molar-refractivity contribution in [1.82, 2.24) is 10.2 Å². The summed E-state index contributed by atoms with van der Waals surface area (Å²) >= 11 is 0. The number of benzene rings is 1. The molecule has 148 valence electrons. The van der Waals surface area contributed by atoms with Crippen LogP contribution < -0.4 is 11.1 Å². The maximum Gasteiger partial charge on any atom is 0.224 e. The lowest BCUT2D eigenvalue weighted by molar-refractivity contribution is -0.127. The van der Waals surface area contributed by atoms with E-state index in [-0.39, 0.29) is 48.5 Å². The Labute approximate surface area is 167 Å². The van der Waals surface area contributed by atoms with Gasteiger partial charge >= 0.3 is 0 Å². The van der Waals surface area contributed by atoms with E-state index in [4.69, 9.17) is 5.73 Å². The highest BCUT2D eigenvalue weighted by molar-refractivity contribution is 5.85. The summed E-state index contributed by atoms with van der Waals surface area (Å²) in [6.07, 6.45) is 5.28. The van der Waals surface area contributed by atoms with Crippen molar-refractivity contribution in [3.05, 3.63) is 35.6 Å². The predicted octanol–water partition coefficient (Wildman–Crippen LogP) is 3.12. The van der Waals surface area contributed by atoms with Gasteiger partial charge in [0.2, 0.25) is 5.91 Å². The van der Waals surface area contributed by atoms with Gasteiger partial charge < -0.3 is 11.1 Å². The summed E-state index contributed by atoms with van der Waals surface area (Å²) in [5, 5.41) is 3.24. The number of hydrogen-bond acceptors (Lipinski definition) is 3. The number of carbonyl (C=O) groups excluding carboxylic acids is 1. The second-order valence-corrected chi connectivity index (χ2v) is 7.25. The molecular formula is C19H30Cl2FN3O. The second kappa shape index (κ2) is 11.1. The Morgan fingerprint density at radius 2 is 2.04 bits per heavy atom. The van der Waals surface area contributed by atoms with Gasteiger partial charge in [0.1, 0.15) is 5.82 Å². The van der Waals surface area contributed by atoms with Crippen LogP contribution in [0.15, 0.2) is 24.3 Å². The van der Waals surface area contributed by atoms with E-state index in [9.17, 15) is 9.18 Å². The van der Waals surface area contributed by atoms with E-state index in [1.807, 2.05) is 6.07 Å². The standard InChI is InChI=1S/C19H28FN3O.2ClH/c20-17-7-1-4-14(10-17)12-23-9-3-6-16(13-23)19(24)22-18-8-2-5-15(18)11-21;;/h1,4,7,10,15-16,18H,2-3,5-6,8-9,11-13,21H2,(H,22,24);2*1H. The summed E-state index contributed by atoms with van der Waals surface area (Å²) in [6.45, 7) is 3.08. The molecule has 1 aliphatic heterocycles. The molecule has 1 aromatic rings. The Morgan fingerprint density at radius 1 is 1.23 bits per heavy atom. The third-order valence-corrected chi connectivity index (χ3v) is 5.46. The first kappa shape index (κ1) is 23.2. The molecule has 7 heteroatoms. The Balaban J connectivity index is 0.00000169. The topological polar surface area (TPSA) is 58.4 Å². The van der Waals surface area contributed by atoms with Gasteiger partial charge in [0.05, 0.1) is 5.92 Å². The zero-order valence-electron chi connectivity index (χ0n) is 15.0. The van der Waals surface area contributed by atoms with Crippen LogP contribution in [0.2, 0.25) is 0 Å². The molecular weight excluding hydrogens is 376 g/mol. The summed E-state index contributed by atoms with van der Waals surface area (Å²) in [7, 11) is 0. The molecule has 0 spiro atoms. The van der Waals surface area contributed by atoms with Crippen LogP contribution in [-0.4, -0.2) is 36.5 Å². The molecule has 3 rings (SSSR count). The monoisotopic (exact) mass is 405 g/mol. The van der Waals surface area contributed by atoms with Crippen molar-refractivity contribution >= 4 is 30.7 Å². The molecule has 1 aliphatic carbocycles. The Bertz CT molecular complexity index is 575. The molecule has 1 amide bonds. The first-order chi connectivity index (χ1) is 11.7. The lowest BCUT2D eigenvalue weighted by atomic mass is 9.95. The van der Waals surface area contributed by atoms with Crippen molar-refractivity contribution < 1.29 is 9.18 Å². The molecule has 3 atom stereocenters. The summed E-state index contributed by atoms with van der Waals surface area (Å²) in [5.41, 5.74) is 6.78. The van der Waals surface area contributed by atoms with Crippen LogP contribution in [-0.2, 0) is 11.3 Å². The summed E-state index contributed by atoms with van der Waals surface area (Å²) < 4.78 is 13.3. The molecule has 0 aromatic heterocycles. The SMILES string of the molecule is Cl.Cl.NCC1CCCC1NC(=O)C1CCCN(Cc2cccc(F)c2)C1. The average molecular weight is 406 g/mol. The van der Waals surface area contributed by atoms with E-state index in [1.54, 1.807) is 12.1 Å².